The van der Waals surface area contributed by atoms with Crippen molar-refractivity contribution in [3.8, 4) is 0 Å². The number of rotatable bonds is 32. The Bertz CT molecular complexity index is 587. The molecular weight excluding hydrogens is 538 g/mol. The summed E-state index contributed by atoms with van der Waals surface area (Å²) in [5, 5.41) is 0. The number of unbranched alkanes of at least 4 members (excludes halogenated alkanes) is 23. The number of hydrogen-bond acceptors (Lipinski definition) is 3. The first-order valence-corrected chi connectivity index (χ1v) is 20.7. The fraction of sp³-hybridized carbons (Fsp3) is 1.00. The molecule has 0 fully saturated rings. The normalized spacial score (nSPS) is 12.0. The van der Waals surface area contributed by atoms with E-state index in [0.29, 0.717) is 6.61 Å². The van der Waals surface area contributed by atoms with Crippen LogP contribution in [0.2, 0.25) is 0 Å². The topological polar surface area (TPSA) is 43.4 Å². The van der Waals surface area contributed by atoms with Gasteiger partial charge in [0.15, 0.2) is 0 Å². The van der Waals surface area contributed by atoms with E-state index in [1.54, 1.807) is 0 Å². The molecule has 0 aromatic rings. The summed E-state index contributed by atoms with van der Waals surface area (Å²) in [6.07, 6.45) is 32.0. The Morgan fingerprint density at radius 1 is 0.381 bits per heavy atom. The number of nitrogens with zero attached hydrogens (tertiary/aromatic N) is 1. The van der Waals surface area contributed by atoms with Crippen LogP contribution in [0.25, 0.3) is 0 Å². The standard InChI is InChI=1S/C29H60O3S.C8H20N/c1-3-5-7-9-11-13-14-15-16-17-18-19-20-22-24-26-28-32-33(30,31)29-27-25-23-21-12-10-8-6-4-2;1-5-9(6-2,7-3)8-4/h3-29H2,1-2H3;5-8H2,1-4H3/q;+1. The molecule has 0 saturated heterocycles. The summed E-state index contributed by atoms with van der Waals surface area (Å²) in [7, 11) is -3.31. The van der Waals surface area contributed by atoms with Crippen LogP contribution in [-0.2, 0) is 14.3 Å². The van der Waals surface area contributed by atoms with Crippen molar-refractivity contribution >= 4 is 10.1 Å². The van der Waals surface area contributed by atoms with E-state index in [1.165, 1.54) is 159 Å². The predicted molar refractivity (Wildman–Crippen MR) is 189 cm³/mol. The molecule has 0 aliphatic heterocycles. The van der Waals surface area contributed by atoms with Crippen LogP contribution in [0.1, 0.15) is 202 Å². The van der Waals surface area contributed by atoms with Gasteiger partial charge in [-0.25, -0.2) is 0 Å². The van der Waals surface area contributed by atoms with Crippen LogP contribution in [0, 0.1) is 0 Å². The van der Waals surface area contributed by atoms with Gasteiger partial charge in [0.25, 0.3) is 10.1 Å². The molecule has 0 aliphatic carbocycles. The van der Waals surface area contributed by atoms with Crippen molar-refractivity contribution in [3.63, 3.8) is 0 Å². The van der Waals surface area contributed by atoms with E-state index in [9.17, 15) is 8.42 Å². The van der Waals surface area contributed by atoms with Gasteiger partial charge >= 0.3 is 0 Å². The van der Waals surface area contributed by atoms with Crippen LogP contribution >= 0.6 is 0 Å². The average Bonchev–Trinajstić information content (AvgIpc) is 2.99. The molecule has 0 atom stereocenters. The van der Waals surface area contributed by atoms with Gasteiger partial charge in [0, 0.05) is 0 Å². The van der Waals surface area contributed by atoms with Crippen LogP contribution < -0.4 is 0 Å². The van der Waals surface area contributed by atoms with E-state index >= 15 is 0 Å². The van der Waals surface area contributed by atoms with Crippen molar-refractivity contribution < 1.29 is 17.1 Å². The summed E-state index contributed by atoms with van der Waals surface area (Å²) in [6.45, 7) is 19.1. The van der Waals surface area contributed by atoms with E-state index < -0.39 is 10.1 Å². The Kier molecular flexibility index (Phi) is 35.4. The second-order valence-corrected chi connectivity index (χ2v) is 14.6. The second-order valence-electron chi connectivity index (χ2n) is 12.8. The first kappa shape index (κ1) is 44.0. The Labute approximate surface area is 267 Å². The van der Waals surface area contributed by atoms with E-state index in [-0.39, 0.29) is 5.75 Å². The number of hydrogen-bond donors (Lipinski definition) is 0. The lowest BCUT2D eigenvalue weighted by atomic mass is 10.0. The minimum Gasteiger partial charge on any atom is -0.325 e. The van der Waals surface area contributed by atoms with Crippen LogP contribution in [0.4, 0.5) is 0 Å². The monoisotopic (exact) mass is 619 g/mol. The maximum absolute atomic E-state index is 12.0. The largest absolute Gasteiger partial charge is 0.325 e. The van der Waals surface area contributed by atoms with Crippen molar-refractivity contribution in [1.29, 1.82) is 0 Å². The molecule has 0 aromatic heterocycles. The molecule has 0 bridgehead atoms. The summed E-state index contributed by atoms with van der Waals surface area (Å²) in [6, 6.07) is 0. The van der Waals surface area contributed by atoms with Crippen molar-refractivity contribution in [3.05, 3.63) is 0 Å². The predicted octanol–water partition coefficient (Wildman–Crippen LogP) is 12.0. The van der Waals surface area contributed by atoms with Gasteiger partial charge in [-0.3, -0.25) is 4.18 Å². The van der Waals surface area contributed by atoms with Gasteiger partial charge in [0.2, 0.25) is 0 Å². The lowest BCUT2D eigenvalue weighted by Crippen LogP contribution is -2.47. The summed E-state index contributed by atoms with van der Waals surface area (Å²) in [4.78, 5) is 0. The van der Waals surface area contributed by atoms with E-state index in [2.05, 4.69) is 41.5 Å². The SMILES string of the molecule is CCCCCCCCCCCCCCCCCCOS(=O)(=O)CCCCCCCCCCC.CC[N+](CC)(CC)CC. The summed E-state index contributed by atoms with van der Waals surface area (Å²) in [5.74, 6) is 0.196. The van der Waals surface area contributed by atoms with Gasteiger partial charge < -0.3 is 4.48 Å². The molecule has 0 aliphatic rings. The zero-order valence-electron chi connectivity index (χ0n) is 30.0. The zero-order valence-corrected chi connectivity index (χ0v) is 30.8. The Morgan fingerprint density at radius 2 is 0.643 bits per heavy atom. The molecule has 0 heterocycles. The van der Waals surface area contributed by atoms with Crippen LogP contribution in [0.3, 0.4) is 0 Å². The summed E-state index contributed by atoms with van der Waals surface area (Å²) in [5.41, 5.74) is 0. The number of quaternary nitrogens is 1. The quantitative estimate of drug-likeness (QED) is 0.0428. The van der Waals surface area contributed by atoms with Crippen molar-refractivity contribution in [2.75, 3.05) is 38.5 Å². The Balaban J connectivity index is 0. The molecule has 0 unspecified atom stereocenters. The summed E-state index contributed by atoms with van der Waals surface area (Å²) >= 11 is 0. The zero-order chi connectivity index (χ0) is 31.6. The lowest BCUT2D eigenvalue weighted by Gasteiger charge is -2.34. The Morgan fingerprint density at radius 3 is 0.905 bits per heavy atom. The molecule has 0 amide bonds. The van der Waals surface area contributed by atoms with Gasteiger partial charge in [-0.15, -0.1) is 0 Å². The molecule has 0 rings (SSSR count). The van der Waals surface area contributed by atoms with Gasteiger partial charge in [-0.1, -0.05) is 162 Å². The fourth-order valence-corrected chi connectivity index (χ4v) is 6.87. The van der Waals surface area contributed by atoms with Crippen molar-refractivity contribution in [2.45, 2.75) is 202 Å². The molecule has 0 N–H and O–H groups in total. The first-order valence-electron chi connectivity index (χ1n) is 19.1. The highest BCUT2D eigenvalue weighted by atomic mass is 32.2. The van der Waals surface area contributed by atoms with Crippen molar-refractivity contribution in [1.82, 2.24) is 0 Å². The smallest absolute Gasteiger partial charge is 0.267 e. The highest BCUT2D eigenvalue weighted by Crippen LogP contribution is 2.14. The Hall–Kier alpha value is -0.130. The minimum absolute atomic E-state index is 0.196. The van der Waals surface area contributed by atoms with Gasteiger partial charge in [-0.05, 0) is 40.5 Å². The highest BCUT2D eigenvalue weighted by Gasteiger charge is 2.16. The van der Waals surface area contributed by atoms with Gasteiger partial charge in [-0.2, -0.15) is 8.42 Å². The molecule has 42 heavy (non-hydrogen) atoms. The first-order chi connectivity index (χ1) is 20.4. The van der Waals surface area contributed by atoms with Gasteiger partial charge in [0.1, 0.15) is 0 Å². The fourth-order valence-electron chi connectivity index (χ4n) is 5.83. The highest BCUT2D eigenvalue weighted by molar-refractivity contribution is 7.86. The van der Waals surface area contributed by atoms with E-state index in [1.807, 2.05) is 0 Å². The molecular formula is C37H80NO3S+. The molecule has 256 valence electrons. The minimum atomic E-state index is -3.31. The molecule has 0 saturated carbocycles. The summed E-state index contributed by atoms with van der Waals surface area (Å²) < 4.78 is 30.4. The average molecular weight is 619 g/mol. The van der Waals surface area contributed by atoms with E-state index in [4.69, 9.17) is 4.18 Å². The molecule has 0 spiro atoms. The second kappa shape index (κ2) is 33.8. The third-order valence-corrected chi connectivity index (χ3v) is 10.8. The lowest BCUT2D eigenvalue weighted by molar-refractivity contribution is -0.921. The van der Waals surface area contributed by atoms with Crippen LogP contribution in [0.5, 0.6) is 0 Å². The van der Waals surface area contributed by atoms with E-state index in [0.717, 1.165) is 32.1 Å². The molecule has 0 radical (unpaired) electrons. The molecule has 4 nitrogen and oxygen atoms in total. The van der Waals surface area contributed by atoms with Crippen molar-refractivity contribution in [2.24, 2.45) is 0 Å². The van der Waals surface area contributed by atoms with Crippen LogP contribution in [0.15, 0.2) is 0 Å². The molecule has 0 aromatic carbocycles. The van der Waals surface area contributed by atoms with Crippen LogP contribution in [-0.4, -0.2) is 51.4 Å². The maximum Gasteiger partial charge on any atom is 0.267 e. The third kappa shape index (κ3) is 31.3. The molecule has 5 heteroatoms. The maximum atomic E-state index is 12.0. The van der Waals surface area contributed by atoms with Gasteiger partial charge in [0.05, 0.1) is 38.5 Å². The third-order valence-electron chi connectivity index (χ3n) is 9.44.